The van der Waals surface area contributed by atoms with Crippen molar-refractivity contribution in [1.29, 1.82) is 0 Å². The minimum absolute atomic E-state index is 0.326. The van der Waals surface area contributed by atoms with Gasteiger partial charge in [-0.15, -0.1) is 0 Å². The fourth-order valence-corrected chi connectivity index (χ4v) is 0.655. The topological polar surface area (TPSA) is 62.5 Å². The first-order chi connectivity index (χ1) is 5.33. The number of carbonyl (C=O) groups is 1. The Morgan fingerprint density at radius 2 is 2.55 bits per heavy atom. The first kappa shape index (κ1) is 7.81. The Labute approximate surface area is 63.8 Å². The second-order valence-corrected chi connectivity index (χ2v) is 2.01. The summed E-state index contributed by atoms with van der Waals surface area (Å²) < 4.78 is 4.93. The molecular weight excluding hydrogens is 146 g/mol. The average Bonchev–Trinajstić information content (AvgIpc) is 2.52. The van der Waals surface area contributed by atoms with Gasteiger partial charge >= 0.3 is 0 Å². The van der Waals surface area contributed by atoms with Crippen LogP contribution in [0.25, 0.3) is 0 Å². The standard InChI is InChI=1S/C7H9NO3/c9-5-7(10)8-4-6-2-1-3-11-6/h1-3,9H,4-5H2,(H,8,10). The summed E-state index contributed by atoms with van der Waals surface area (Å²) in [7, 11) is 0. The molecule has 0 atom stereocenters. The lowest BCUT2D eigenvalue weighted by molar-refractivity contribution is -0.124. The number of furan rings is 1. The number of aliphatic hydroxyl groups excluding tert-OH is 1. The van der Waals surface area contributed by atoms with Gasteiger partial charge in [-0.25, -0.2) is 0 Å². The van der Waals surface area contributed by atoms with Gasteiger partial charge < -0.3 is 14.8 Å². The number of carbonyl (C=O) groups excluding carboxylic acids is 1. The molecule has 1 rings (SSSR count). The predicted molar refractivity (Wildman–Crippen MR) is 37.6 cm³/mol. The highest BCUT2D eigenvalue weighted by Gasteiger charge is 1.98. The molecule has 4 nitrogen and oxygen atoms in total. The summed E-state index contributed by atoms with van der Waals surface area (Å²) in [6, 6.07) is 3.48. The van der Waals surface area contributed by atoms with Gasteiger partial charge in [0.15, 0.2) is 0 Å². The molecule has 0 aliphatic heterocycles. The van der Waals surface area contributed by atoms with Gasteiger partial charge in [-0.2, -0.15) is 0 Å². The summed E-state index contributed by atoms with van der Waals surface area (Å²) in [6.07, 6.45) is 1.53. The Kier molecular flexibility index (Phi) is 2.68. The van der Waals surface area contributed by atoms with Crippen LogP contribution < -0.4 is 5.32 Å². The molecule has 2 N–H and O–H groups in total. The highest BCUT2D eigenvalue weighted by atomic mass is 16.3. The summed E-state index contributed by atoms with van der Waals surface area (Å²) in [6.45, 7) is -0.160. The van der Waals surface area contributed by atoms with Crippen LogP contribution >= 0.6 is 0 Å². The molecule has 0 saturated carbocycles. The minimum atomic E-state index is -0.485. The van der Waals surface area contributed by atoms with E-state index in [1.807, 2.05) is 0 Å². The van der Waals surface area contributed by atoms with E-state index in [4.69, 9.17) is 9.52 Å². The fraction of sp³-hybridized carbons (Fsp3) is 0.286. The van der Waals surface area contributed by atoms with Crippen molar-refractivity contribution in [2.75, 3.05) is 6.61 Å². The van der Waals surface area contributed by atoms with E-state index in [1.165, 1.54) is 6.26 Å². The van der Waals surface area contributed by atoms with Crippen molar-refractivity contribution in [3.05, 3.63) is 24.2 Å². The average molecular weight is 155 g/mol. The van der Waals surface area contributed by atoms with Crippen LogP contribution in [-0.2, 0) is 11.3 Å². The maximum absolute atomic E-state index is 10.5. The second kappa shape index (κ2) is 3.78. The molecule has 0 aliphatic carbocycles. The van der Waals surface area contributed by atoms with Crippen LogP contribution in [0.5, 0.6) is 0 Å². The summed E-state index contributed by atoms with van der Waals surface area (Å²) >= 11 is 0. The lowest BCUT2D eigenvalue weighted by Gasteiger charge is -1.98. The zero-order valence-electron chi connectivity index (χ0n) is 5.91. The molecule has 1 amide bonds. The quantitative estimate of drug-likeness (QED) is 0.640. The molecule has 60 valence electrons. The van der Waals surface area contributed by atoms with Crippen LogP contribution in [-0.4, -0.2) is 17.6 Å². The summed E-state index contributed by atoms with van der Waals surface area (Å²) in [5.74, 6) is 0.271. The molecular formula is C7H9NO3. The van der Waals surface area contributed by atoms with Crippen molar-refractivity contribution in [2.24, 2.45) is 0 Å². The highest BCUT2D eigenvalue weighted by Crippen LogP contribution is 1.97. The number of amides is 1. The Hall–Kier alpha value is -1.29. The SMILES string of the molecule is O=C(CO)NCc1ccco1. The molecule has 1 aromatic heterocycles. The Morgan fingerprint density at radius 1 is 1.73 bits per heavy atom. The molecule has 0 aromatic carbocycles. The fourth-order valence-electron chi connectivity index (χ4n) is 0.655. The van der Waals surface area contributed by atoms with E-state index in [-0.39, 0.29) is 0 Å². The van der Waals surface area contributed by atoms with Crippen LogP contribution in [0.3, 0.4) is 0 Å². The molecule has 0 bridgehead atoms. The van der Waals surface area contributed by atoms with Crippen LogP contribution in [0.15, 0.2) is 22.8 Å². The van der Waals surface area contributed by atoms with E-state index in [1.54, 1.807) is 12.1 Å². The van der Waals surface area contributed by atoms with Crippen molar-refractivity contribution in [2.45, 2.75) is 6.54 Å². The lowest BCUT2D eigenvalue weighted by Crippen LogP contribution is -2.25. The van der Waals surface area contributed by atoms with Crippen molar-refractivity contribution in [1.82, 2.24) is 5.32 Å². The Morgan fingerprint density at radius 3 is 3.09 bits per heavy atom. The maximum atomic E-state index is 10.5. The number of hydrogen-bond donors (Lipinski definition) is 2. The van der Waals surface area contributed by atoms with E-state index < -0.39 is 12.5 Å². The molecule has 1 aromatic rings. The van der Waals surface area contributed by atoms with Gasteiger partial charge in [0.25, 0.3) is 0 Å². The van der Waals surface area contributed by atoms with Gasteiger partial charge in [0, 0.05) is 0 Å². The number of aliphatic hydroxyl groups is 1. The molecule has 0 radical (unpaired) electrons. The molecule has 0 aliphatic rings. The molecule has 1 heterocycles. The second-order valence-electron chi connectivity index (χ2n) is 2.01. The highest BCUT2D eigenvalue weighted by molar-refractivity contribution is 5.76. The van der Waals surface area contributed by atoms with E-state index in [0.717, 1.165) is 0 Å². The minimum Gasteiger partial charge on any atom is -0.467 e. The van der Waals surface area contributed by atoms with E-state index in [0.29, 0.717) is 12.3 Å². The van der Waals surface area contributed by atoms with Crippen molar-refractivity contribution >= 4 is 5.91 Å². The van der Waals surface area contributed by atoms with Crippen LogP contribution in [0.2, 0.25) is 0 Å². The normalized spacial score (nSPS) is 9.55. The van der Waals surface area contributed by atoms with Crippen LogP contribution in [0.1, 0.15) is 5.76 Å². The van der Waals surface area contributed by atoms with Gasteiger partial charge in [-0.1, -0.05) is 0 Å². The number of hydrogen-bond acceptors (Lipinski definition) is 3. The largest absolute Gasteiger partial charge is 0.467 e. The molecule has 0 unspecified atom stereocenters. The van der Waals surface area contributed by atoms with Gasteiger partial charge in [-0.3, -0.25) is 4.79 Å². The van der Waals surface area contributed by atoms with Crippen molar-refractivity contribution < 1.29 is 14.3 Å². The Balaban J connectivity index is 2.29. The van der Waals surface area contributed by atoms with Gasteiger partial charge in [0.2, 0.25) is 5.91 Å². The third kappa shape index (κ3) is 2.43. The number of rotatable bonds is 3. The van der Waals surface area contributed by atoms with Gasteiger partial charge in [-0.05, 0) is 12.1 Å². The molecule has 4 heteroatoms. The van der Waals surface area contributed by atoms with E-state index in [2.05, 4.69) is 5.32 Å². The van der Waals surface area contributed by atoms with Crippen molar-refractivity contribution in [3.8, 4) is 0 Å². The van der Waals surface area contributed by atoms with Crippen molar-refractivity contribution in [3.63, 3.8) is 0 Å². The smallest absolute Gasteiger partial charge is 0.246 e. The maximum Gasteiger partial charge on any atom is 0.246 e. The van der Waals surface area contributed by atoms with Gasteiger partial charge in [0.05, 0.1) is 12.8 Å². The lowest BCUT2D eigenvalue weighted by atomic mass is 10.4. The third-order valence-electron chi connectivity index (χ3n) is 1.18. The van der Waals surface area contributed by atoms with E-state index in [9.17, 15) is 4.79 Å². The van der Waals surface area contributed by atoms with Crippen LogP contribution in [0, 0.1) is 0 Å². The Bertz CT molecular complexity index is 218. The summed E-state index contributed by atoms with van der Waals surface area (Å²) in [5.41, 5.74) is 0. The molecule has 11 heavy (non-hydrogen) atoms. The molecule has 0 fully saturated rings. The predicted octanol–water partition coefficient (Wildman–Crippen LogP) is -0.112. The first-order valence-corrected chi connectivity index (χ1v) is 3.23. The zero-order valence-corrected chi connectivity index (χ0v) is 5.91. The third-order valence-corrected chi connectivity index (χ3v) is 1.18. The van der Waals surface area contributed by atoms with Gasteiger partial charge in [0.1, 0.15) is 12.4 Å². The zero-order chi connectivity index (χ0) is 8.10. The monoisotopic (exact) mass is 155 g/mol. The first-order valence-electron chi connectivity index (χ1n) is 3.23. The van der Waals surface area contributed by atoms with E-state index >= 15 is 0 Å². The molecule has 0 saturated heterocycles. The summed E-state index contributed by atoms with van der Waals surface area (Å²) in [5, 5.41) is 10.8. The number of nitrogens with one attached hydrogen (secondary N) is 1. The summed E-state index contributed by atoms with van der Waals surface area (Å²) in [4.78, 5) is 10.5. The van der Waals surface area contributed by atoms with Crippen LogP contribution in [0.4, 0.5) is 0 Å². The molecule has 0 spiro atoms.